The van der Waals surface area contributed by atoms with Gasteiger partial charge in [-0.1, -0.05) is 0 Å². The minimum Gasteiger partial charge on any atom is -0.475 e. The molecule has 2 aliphatic rings. The molecule has 4 rings (SSSR count). The lowest BCUT2D eigenvalue weighted by Crippen LogP contribution is -2.52. The topological polar surface area (TPSA) is 82.7 Å². The van der Waals surface area contributed by atoms with Gasteiger partial charge in [-0.2, -0.15) is 13.2 Å². The van der Waals surface area contributed by atoms with Gasteiger partial charge < -0.3 is 14.4 Å². The molecule has 4 heterocycles. The van der Waals surface area contributed by atoms with Crippen molar-refractivity contribution in [3.63, 3.8) is 0 Å². The van der Waals surface area contributed by atoms with E-state index < -0.39 is 18.3 Å². The molecule has 1 N–H and O–H groups in total. The molecule has 0 saturated carbocycles. The van der Waals surface area contributed by atoms with E-state index >= 15 is 0 Å². The first kappa shape index (κ1) is 23.0. The van der Waals surface area contributed by atoms with Crippen LogP contribution in [-0.4, -0.2) is 64.5 Å². The second kappa shape index (κ2) is 9.21. The van der Waals surface area contributed by atoms with Crippen molar-refractivity contribution in [1.29, 1.82) is 0 Å². The first-order chi connectivity index (χ1) is 14.6. The Hall–Kier alpha value is -2.69. The molecule has 31 heavy (non-hydrogen) atoms. The summed E-state index contributed by atoms with van der Waals surface area (Å²) < 4.78 is 52.0. The first-order valence-corrected chi connectivity index (χ1v) is 9.81. The van der Waals surface area contributed by atoms with Crippen molar-refractivity contribution in [2.24, 2.45) is 5.41 Å². The van der Waals surface area contributed by atoms with E-state index in [1.54, 1.807) is 6.26 Å². The summed E-state index contributed by atoms with van der Waals surface area (Å²) in [4.78, 5) is 22.2. The predicted molar refractivity (Wildman–Crippen MR) is 103 cm³/mol. The summed E-state index contributed by atoms with van der Waals surface area (Å²) in [5.41, 5.74) is 0.721. The van der Waals surface area contributed by atoms with Crippen molar-refractivity contribution in [3.8, 4) is 0 Å². The number of hydrogen-bond donors (Lipinski definition) is 1. The number of hydrogen-bond acceptors (Lipinski definition) is 6. The van der Waals surface area contributed by atoms with Gasteiger partial charge in [-0.05, 0) is 44.0 Å². The Morgan fingerprint density at radius 2 is 1.97 bits per heavy atom. The summed E-state index contributed by atoms with van der Waals surface area (Å²) in [5, 5.41) is 7.12. The lowest BCUT2D eigenvalue weighted by Gasteiger charge is -2.42. The average molecular weight is 444 g/mol. The fourth-order valence-corrected chi connectivity index (χ4v) is 3.98. The van der Waals surface area contributed by atoms with E-state index in [4.69, 9.17) is 14.3 Å². The molecule has 2 fully saturated rings. The number of anilines is 1. The van der Waals surface area contributed by atoms with E-state index in [0.29, 0.717) is 19.5 Å². The van der Waals surface area contributed by atoms with E-state index in [1.807, 2.05) is 31.5 Å². The molecular weight excluding hydrogens is 420 g/mol. The highest BCUT2D eigenvalue weighted by Crippen LogP contribution is 2.42. The third-order valence-electron chi connectivity index (χ3n) is 5.54. The SMILES string of the molecule is Cc1cnc(N2CCC(F)C3(CCN(Cc4ccco4)C3)C2)nc1.O=C(O)C(F)(F)F. The number of aliphatic carboxylic acids is 1. The van der Waals surface area contributed by atoms with Crippen LogP contribution in [0.1, 0.15) is 24.2 Å². The highest BCUT2D eigenvalue weighted by Gasteiger charge is 2.49. The zero-order chi connectivity index (χ0) is 22.6. The molecular formula is C20H24F4N4O3. The summed E-state index contributed by atoms with van der Waals surface area (Å²) >= 11 is 0. The maximum atomic E-state index is 14.8. The van der Waals surface area contributed by atoms with Crippen LogP contribution in [0.3, 0.4) is 0 Å². The molecule has 2 saturated heterocycles. The van der Waals surface area contributed by atoms with Gasteiger partial charge in [-0.15, -0.1) is 0 Å². The molecule has 0 amide bonds. The van der Waals surface area contributed by atoms with Gasteiger partial charge >= 0.3 is 12.1 Å². The quantitative estimate of drug-likeness (QED) is 0.726. The maximum Gasteiger partial charge on any atom is 0.490 e. The molecule has 0 bridgehead atoms. The maximum absolute atomic E-state index is 14.8. The Morgan fingerprint density at radius 3 is 2.55 bits per heavy atom. The normalized spacial score (nSPS) is 24.2. The Bertz CT molecular complexity index is 860. The number of carbonyl (C=O) groups is 1. The molecule has 2 aromatic heterocycles. The summed E-state index contributed by atoms with van der Waals surface area (Å²) in [6.45, 7) is 5.77. The number of aryl methyl sites for hydroxylation is 1. The molecule has 11 heteroatoms. The van der Waals surface area contributed by atoms with Crippen LogP contribution in [0.5, 0.6) is 0 Å². The zero-order valence-corrected chi connectivity index (χ0v) is 17.0. The second-order valence-electron chi connectivity index (χ2n) is 7.94. The van der Waals surface area contributed by atoms with Crippen molar-refractivity contribution < 1.29 is 31.9 Å². The van der Waals surface area contributed by atoms with Crippen molar-refractivity contribution in [2.75, 3.05) is 31.1 Å². The van der Waals surface area contributed by atoms with Gasteiger partial charge in [0.2, 0.25) is 5.95 Å². The highest BCUT2D eigenvalue weighted by molar-refractivity contribution is 5.73. The van der Waals surface area contributed by atoms with Crippen molar-refractivity contribution >= 4 is 11.9 Å². The van der Waals surface area contributed by atoms with Crippen LogP contribution in [0.25, 0.3) is 0 Å². The standard InChI is InChI=1S/C18H23FN4O.C2HF3O2/c1-14-9-20-17(21-10-14)23-6-4-16(19)18(13-23)5-7-22(12-18)11-15-3-2-8-24-15;3-2(4,5)1(6)7/h2-3,8-10,16H,4-7,11-13H2,1H3;(H,6,7). The van der Waals surface area contributed by atoms with E-state index in [9.17, 15) is 17.6 Å². The molecule has 1 spiro atoms. The number of alkyl halides is 4. The first-order valence-electron chi connectivity index (χ1n) is 9.81. The smallest absolute Gasteiger partial charge is 0.475 e. The number of carboxylic acid groups (broad SMARTS) is 1. The van der Waals surface area contributed by atoms with Crippen LogP contribution in [0, 0.1) is 12.3 Å². The van der Waals surface area contributed by atoms with Crippen LogP contribution in [0.2, 0.25) is 0 Å². The molecule has 0 radical (unpaired) electrons. The minimum absolute atomic E-state index is 0.320. The largest absolute Gasteiger partial charge is 0.490 e. The Kier molecular flexibility index (Phi) is 6.83. The monoisotopic (exact) mass is 444 g/mol. The average Bonchev–Trinajstić information content (AvgIpc) is 3.36. The van der Waals surface area contributed by atoms with Gasteiger partial charge in [0.15, 0.2) is 0 Å². The minimum atomic E-state index is -5.08. The highest BCUT2D eigenvalue weighted by atomic mass is 19.4. The van der Waals surface area contributed by atoms with Gasteiger partial charge in [-0.25, -0.2) is 19.2 Å². The second-order valence-corrected chi connectivity index (χ2v) is 7.94. The number of aromatic nitrogens is 2. The van der Waals surface area contributed by atoms with E-state index in [-0.39, 0.29) is 5.41 Å². The molecule has 2 aliphatic heterocycles. The predicted octanol–water partition coefficient (Wildman–Crippen LogP) is 3.45. The number of rotatable bonds is 3. The van der Waals surface area contributed by atoms with E-state index in [0.717, 1.165) is 43.3 Å². The van der Waals surface area contributed by atoms with Gasteiger partial charge in [0, 0.05) is 37.4 Å². The molecule has 0 aromatic carbocycles. The number of nitrogens with zero attached hydrogens (tertiary/aromatic N) is 4. The fourth-order valence-electron chi connectivity index (χ4n) is 3.98. The number of likely N-dealkylation sites (tertiary alicyclic amines) is 1. The Labute approximate surface area is 176 Å². The van der Waals surface area contributed by atoms with Crippen molar-refractivity contribution in [2.45, 2.75) is 38.7 Å². The third-order valence-corrected chi connectivity index (χ3v) is 5.54. The van der Waals surface area contributed by atoms with E-state index in [2.05, 4.69) is 19.8 Å². The molecule has 2 aromatic rings. The van der Waals surface area contributed by atoms with Gasteiger partial charge in [0.1, 0.15) is 11.9 Å². The zero-order valence-electron chi connectivity index (χ0n) is 17.0. The molecule has 0 aliphatic carbocycles. The van der Waals surface area contributed by atoms with Gasteiger partial charge in [0.25, 0.3) is 0 Å². The van der Waals surface area contributed by atoms with Crippen molar-refractivity contribution in [1.82, 2.24) is 14.9 Å². The third kappa shape index (κ3) is 5.72. The number of piperidine rings is 1. The van der Waals surface area contributed by atoms with Gasteiger partial charge in [-0.3, -0.25) is 4.90 Å². The van der Waals surface area contributed by atoms with Crippen molar-refractivity contribution in [3.05, 3.63) is 42.1 Å². The molecule has 2 unspecified atom stereocenters. The van der Waals surface area contributed by atoms with Crippen LogP contribution in [0.15, 0.2) is 35.2 Å². The molecule has 7 nitrogen and oxygen atoms in total. The fraction of sp³-hybridized carbons (Fsp3) is 0.550. The van der Waals surface area contributed by atoms with Gasteiger partial charge in [0.05, 0.1) is 12.8 Å². The van der Waals surface area contributed by atoms with Crippen LogP contribution >= 0.6 is 0 Å². The Balaban J connectivity index is 0.000000339. The summed E-state index contributed by atoms with van der Waals surface area (Å²) in [7, 11) is 0. The summed E-state index contributed by atoms with van der Waals surface area (Å²) in [6, 6.07) is 3.88. The number of furan rings is 1. The molecule has 2 atom stereocenters. The number of halogens is 4. The van der Waals surface area contributed by atoms with E-state index in [1.165, 1.54) is 0 Å². The lowest BCUT2D eigenvalue weighted by molar-refractivity contribution is -0.192. The Morgan fingerprint density at radius 1 is 1.29 bits per heavy atom. The van der Waals surface area contributed by atoms with Crippen LogP contribution < -0.4 is 4.90 Å². The van der Waals surface area contributed by atoms with Crippen LogP contribution in [0.4, 0.5) is 23.5 Å². The summed E-state index contributed by atoms with van der Waals surface area (Å²) in [6.07, 6.45) is 0.919. The lowest BCUT2D eigenvalue weighted by atomic mass is 9.77. The summed E-state index contributed by atoms with van der Waals surface area (Å²) in [5.74, 6) is -1.10. The molecule has 170 valence electrons. The number of carboxylic acids is 1. The van der Waals surface area contributed by atoms with Crippen LogP contribution in [-0.2, 0) is 11.3 Å².